The van der Waals surface area contributed by atoms with Crippen LogP contribution in [0, 0.1) is 17.0 Å². The van der Waals surface area contributed by atoms with Crippen LogP contribution in [0.25, 0.3) is 0 Å². The quantitative estimate of drug-likeness (QED) is 0.839. The normalized spacial score (nSPS) is 14.3. The van der Waals surface area contributed by atoms with Crippen molar-refractivity contribution in [2.45, 2.75) is 66.2 Å². The van der Waals surface area contributed by atoms with Crippen molar-refractivity contribution in [3.05, 3.63) is 35.4 Å². The van der Waals surface area contributed by atoms with Crippen molar-refractivity contribution in [1.82, 2.24) is 10.6 Å². The molecule has 2 amide bonds. The summed E-state index contributed by atoms with van der Waals surface area (Å²) in [5.41, 5.74) is -0.862. The maximum atomic E-state index is 13.4. The van der Waals surface area contributed by atoms with Crippen LogP contribution in [0.4, 0.5) is 13.6 Å². The monoisotopic (exact) mass is 370 g/mol. The Morgan fingerprint density at radius 2 is 1.58 bits per heavy atom. The van der Waals surface area contributed by atoms with E-state index in [1.54, 1.807) is 48.5 Å². The molecule has 1 aromatic rings. The number of rotatable bonds is 4. The smallest absolute Gasteiger partial charge is 0.408 e. The number of hydrogen-bond acceptors (Lipinski definition) is 3. The number of benzene rings is 1. The zero-order valence-corrected chi connectivity index (χ0v) is 16.4. The van der Waals surface area contributed by atoms with Crippen molar-refractivity contribution < 1.29 is 23.1 Å². The summed E-state index contributed by atoms with van der Waals surface area (Å²) in [7, 11) is 0. The molecule has 2 atom stereocenters. The lowest BCUT2D eigenvalue weighted by atomic mass is 9.86. The Bertz CT molecular complexity index is 664. The first-order chi connectivity index (χ1) is 11.7. The van der Waals surface area contributed by atoms with Gasteiger partial charge >= 0.3 is 6.09 Å². The van der Waals surface area contributed by atoms with E-state index in [0.717, 1.165) is 12.1 Å². The Balaban J connectivity index is 2.89. The van der Waals surface area contributed by atoms with Gasteiger partial charge in [-0.05, 0) is 50.8 Å². The van der Waals surface area contributed by atoms with Crippen molar-refractivity contribution in [3.63, 3.8) is 0 Å². The van der Waals surface area contributed by atoms with Crippen LogP contribution < -0.4 is 10.6 Å². The maximum Gasteiger partial charge on any atom is 0.408 e. The number of hydrogen-bond donors (Lipinski definition) is 2. The van der Waals surface area contributed by atoms with Crippen molar-refractivity contribution in [2.24, 2.45) is 5.41 Å². The molecule has 2 N–H and O–H groups in total. The predicted molar refractivity (Wildman–Crippen MR) is 95.5 cm³/mol. The molecule has 0 aliphatic rings. The molecule has 0 heterocycles. The van der Waals surface area contributed by atoms with Gasteiger partial charge in [0.15, 0.2) is 11.6 Å². The summed E-state index contributed by atoms with van der Waals surface area (Å²) in [6.45, 7) is 12.2. The Morgan fingerprint density at radius 1 is 1.00 bits per heavy atom. The standard InChI is InChI=1S/C19H28F2N2O3/c1-11(12-8-9-13(20)14(21)10-12)22-16(24)15(18(2,3)4)23-17(25)26-19(5,6)7/h8-11,15H,1-7H3,(H,22,24)(H,23,25)/t11-,15-/m1/s1. The van der Waals surface area contributed by atoms with Crippen LogP contribution in [0.5, 0.6) is 0 Å². The number of carbonyl (C=O) groups excluding carboxylic acids is 2. The van der Waals surface area contributed by atoms with Gasteiger partial charge in [0.2, 0.25) is 5.91 Å². The van der Waals surface area contributed by atoms with E-state index in [0.29, 0.717) is 5.56 Å². The molecular weight excluding hydrogens is 342 g/mol. The molecule has 0 saturated heterocycles. The summed E-state index contributed by atoms with van der Waals surface area (Å²) >= 11 is 0. The number of alkyl carbamates (subject to hydrolysis) is 1. The highest BCUT2D eigenvalue weighted by atomic mass is 19.2. The lowest BCUT2D eigenvalue weighted by Gasteiger charge is -2.32. The van der Waals surface area contributed by atoms with E-state index in [-0.39, 0.29) is 0 Å². The lowest BCUT2D eigenvalue weighted by Crippen LogP contribution is -2.54. The van der Waals surface area contributed by atoms with Crippen LogP contribution in [0.15, 0.2) is 18.2 Å². The molecule has 0 saturated carbocycles. The lowest BCUT2D eigenvalue weighted by molar-refractivity contribution is -0.126. The number of halogens is 2. The third kappa shape index (κ3) is 6.61. The van der Waals surface area contributed by atoms with Gasteiger partial charge < -0.3 is 15.4 Å². The minimum absolute atomic E-state index is 0.419. The number of carbonyl (C=O) groups is 2. The van der Waals surface area contributed by atoms with Crippen molar-refractivity contribution in [1.29, 1.82) is 0 Å². The zero-order chi connectivity index (χ0) is 20.3. The molecule has 0 fully saturated rings. The Kier molecular flexibility index (Phi) is 6.74. The van der Waals surface area contributed by atoms with Crippen LogP contribution in [0.2, 0.25) is 0 Å². The second-order valence-corrected chi connectivity index (χ2v) is 8.35. The second-order valence-electron chi connectivity index (χ2n) is 8.35. The van der Waals surface area contributed by atoms with E-state index in [9.17, 15) is 18.4 Å². The van der Waals surface area contributed by atoms with Gasteiger partial charge in [0.1, 0.15) is 11.6 Å². The van der Waals surface area contributed by atoms with E-state index in [1.165, 1.54) is 6.07 Å². The molecule has 0 aliphatic heterocycles. The fourth-order valence-corrected chi connectivity index (χ4v) is 2.26. The molecule has 146 valence electrons. The first-order valence-corrected chi connectivity index (χ1v) is 8.45. The van der Waals surface area contributed by atoms with E-state index in [1.807, 2.05) is 0 Å². The van der Waals surface area contributed by atoms with Gasteiger partial charge in [-0.3, -0.25) is 4.79 Å². The van der Waals surface area contributed by atoms with Gasteiger partial charge in [-0.15, -0.1) is 0 Å². The highest BCUT2D eigenvalue weighted by molar-refractivity contribution is 5.86. The van der Waals surface area contributed by atoms with Crippen molar-refractivity contribution >= 4 is 12.0 Å². The Hall–Kier alpha value is -2.18. The first kappa shape index (κ1) is 21.9. The Labute approximate surface area is 153 Å². The largest absolute Gasteiger partial charge is 0.444 e. The molecule has 0 aliphatic carbocycles. The number of ether oxygens (including phenoxy) is 1. The van der Waals surface area contributed by atoms with Gasteiger partial charge in [-0.2, -0.15) is 0 Å². The predicted octanol–water partition coefficient (Wildman–Crippen LogP) is 4.08. The molecule has 0 aromatic heterocycles. The molecule has 0 radical (unpaired) electrons. The molecule has 26 heavy (non-hydrogen) atoms. The molecule has 7 heteroatoms. The van der Waals surface area contributed by atoms with E-state index >= 15 is 0 Å². The average molecular weight is 370 g/mol. The van der Waals surface area contributed by atoms with Crippen LogP contribution in [0.3, 0.4) is 0 Å². The topological polar surface area (TPSA) is 67.4 Å². The van der Waals surface area contributed by atoms with Crippen LogP contribution in [-0.2, 0) is 9.53 Å². The minimum atomic E-state index is -0.983. The molecular formula is C19H28F2N2O3. The van der Waals surface area contributed by atoms with Gasteiger partial charge in [0.25, 0.3) is 0 Å². The summed E-state index contributed by atoms with van der Waals surface area (Å²) in [5.74, 6) is -2.38. The van der Waals surface area contributed by atoms with Crippen LogP contribution >= 0.6 is 0 Å². The van der Waals surface area contributed by atoms with Crippen LogP contribution in [0.1, 0.15) is 60.1 Å². The summed E-state index contributed by atoms with van der Waals surface area (Å²) in [5, 5.41) is 5.30. The molecule has 0 bridgehead atoms. The number of nitrogens with one attached hydrogen (secondary N) is 2. The molecule has 0 spiro atoms. The molecule has 1 rings (SSSR count). The first-order valence-electron chi connectivity index (χ1n) is 8.45. The highest BCUT2D eigenvalue weighted by Crippen LogP contribution is 2.22. The SMILES string of the molecule is C[C@@H](NC(=O)[C@@H](NC(=O)OC(C)(C)C)C(C)(C)C)c1ccc(F)c(F)c1. The van der Waals surface area contributed by atoms with Crippen molar-refractivity contribution in [3.8, 4) is 0 Å². The summed E-state index contributed by atoms with van der Waals surface area (Å²) in [6.07, 6.45) is -0.701. The summed E-state index contributed by atoms with van der Waals surface area (Å²) < 4.78 is 31.7. The second kappa shape index (κ2) is 8.01. The van der Waals surface area contributed by atoms with E-state index in [2.05, 4.69) is 10.6 Å². The third-order valence-corrected chi connectivity index (χ3v) is 3.59. The fraction of sp³-hybridized carbons (Fsp3) is 0.579. The zero-order valence-electron chi connectivity index (χ0n) is 16.4. The summed E-state index contributed by atoms with van der Waals surface area (Å²) in [6, 6.07) is 2.01. The maximum absolute atomic E-state index is 13.4. The van der Waals surface area contributed by atoms with Gasteiger partial charge in [-0.1, -0.05) is 26.8 Å². The average Bonchev–Trinajstić information content (AvgIpc) is 2.44. The Morgan fingerprint density at radius 3 is 2.04 bits per heavy atom. The molecule has 5 nitrogen and oxygen atoms in total. The molecule has 1 aromatic carbocycles. The van der Waals surface area contributed by atoms with E-state index < -0.39 is 46.7 Å². The third-order valence-electron chi connectivity index (χ3n) is 3.59. The molecule has 0 unspecified atom stereocenters. The van der Waals surface area contributed by atoms with Gasteiger partial charge in [0, 0.05) is 0 Å². The summed E-state index contributed by atoms with van der Waals surface area (Å²) in [4.78, 5) is 24.7. The van der Waals surface area contributed by atoms with Crippen molar-refractivity contribution in [2.75, 3.05) is 0 Å². The van der Waals surface area contributed by atoms with Gasteiger partial charge in [0.05, 0.1) is 6.04 Å². The fourth-order valence-electron chi connectivity index (χ4n) is 2.26. The van der Waals surface area contributed by atoms with Crippen LogP contribution in [-0.4, -0.2) is 23.6 Å². The van der Waals surface area contributed by atoms with E-state index in [4.69, 9.17) is 4.74 Å². The number of amides is 2. The van der Waals surface area contributed by atoms with Gasteiger partial charge in [-0.25, -0.2) is 13.6 Å². The highest BCUT2D eigenvalue weighted by Gasteiger charge is 2.34. The minimum Gasteiger partial charge on any atom is -0.444 e.